The maximum absolute atomic E-state index is 5.80. The summed E-state index contributed by atoms with van der Waals surface area (Å²) in [5, 5.41) is 0. The molecule has 0 amide bonds. The zero-order valence-corrected chi connectivity index (χ0v) is 10.8. The van der Waals surface area contributed by atoms with Gasteiger partial charge in [0.1, 0.15) is 5.82 Å². The Bertz CT molecular complexity index is 303. The first-order valence-electron chi connectivity index (χ1n) is 6.01. The van der Waals surface area contributed by atoms with Gasteiger partial charge < -0.3 is 10.6 Å². The molecule has 3 heteroatoms. The average molecular weight is 221 g/mol. The Hall–Kier alpha value is -1.09. The molecule has 0 aliphatic carbocycles. The largest absolute Gasteiger partial charge is 0.357 e. The van der Waals surface area contributed by atoms with Crippen molar-refractivity contribution in [3.05, 3.63) is 23.9 Å². The number of nitrogens with zero attached hydrogens (tertiary/aromatic N) is 2. The lowest BCUT2D eigenvalue weighted by Crippen LogP contribution is -2.28. The highest BCUT2D eigenvalue weighted by Crippen LogP contribution is 2.15. The lowest BCUT2D eigenvalue weighted by atomic mass is 10.1. The van der Waals surface area contributed by atoms with Crippen molar-refractivity contribution in [2.75, 3.05) is 18.0 Å². The number of hydrogen-bond acceptors (Lipinski definition) is 3. The zero-order valence-electron chi connectivity index (χ0n) is 10.8. The van der Waals surface area contributed by atoms with Gasteiger partial charge in [-0.1, -0.05) is 19.9 Å². The molecule has 0 radical (unpaired) electrons. The van der Waals surface area contributed by atoms with Crippen molar-refractivity contribution in [1.82, 2.24) is 4.98 Å². The lowest BCUT2D eigenvalue weighted by Gasteiger charge is -2.24. The first-order valence-corrected chi connectivity index (χ1v) is 6.01. The Kier molecular flexibility index (Phi) is 4.74. The van der Waals surface area contributed by atoms with Crippen molar-refractivity contribution in [2.45, 2.75) is 33.7 Å². The third-order valence-corrected chi connectivity index (χ3v) is 2.59. The minimum Gasteiger partial charge on any atom is -0.357 e. The molecule has 0 bridgehead atoms. The fourth-order valence-electron chi connectivity index (χ4n) is 1.68. The van der Waals surface area contributed by atoms with Gasteiger partial charge in [0, 0.05) is 25.3 Å². The second-order valence-corrected chi connectivity index (χ2v) is 4.67. The monoisotopic (exact) mass is 221 g/mol. The molecule has 0 unspecified atom stereocenters. The van der Waals surface area contributed by atoms with Crippen LogP contribution in [-0.2, 0) is 0 Å². The van der Waals surface area contributed by atoms with E-state index >= 15 is 0 Å². The van der Waals surface area contributed by atoms with E-state index < -0.39 is 0 Å². The van der Waals surface area contributed by atoms with Gasteiger partial charge in [-0.15, -0.1) is 0 Å². The van der Waals surface area contributed by atoms with E-state index in [4.69, 9.17) is 5.73 Å². The Labute approximate surface area is 98.7 Å². The van der Waals surface area contributed by atoms with Crippen LogP contribution in [0, 0.1) is 5.92 Å². The SMILES string of the molecule is CCN(CC(C)C)c1ccc([C@H](C)N)cn1. The van der Waals surface area contributed by atoms with Gasteiger partial charge in [-0.25, -0.2) is 4.98 Å². The van der Waals surface area contributed by atoms with E-state index in [0.717, 1.165) is 24.5 Å². The normalized spacial score (nSPS) is 12.9. The van der Waals surface area contributed by atoms with Crippen molar-refractivity contribution in [1.29, 1.82) is 0 Å². The van der Waals surface area contributed by atoms with Crippen LogP contribution in [0.25, 0.3) is 0 Å². The summed E-state index contributed by atoms with van der Waals surface area (Å²) in [5.74, 6) is 1.69. The molecule has 0 aliphatic rings. The average Bonchev–Trinajstić information content (AvgIpc) is 2.25. The summed E-state index contributed by atoms with van der Waals surface area (Å²) < 4.78 is 0. The molecule has 0 aromatic carbocycles. The summed E-state index contributed by atoms with van der Waals surface area (Å²) >= 11 is 0. The Morgan fingerprint density at radius 3 is 2.38 bits per heavy atom. The third-order valence-electron chi connectivity index (χ3n) is 2.59. The molecule has 1 heterocycles. The van der Waals surface area contributed by atoms with E-state index in [9.17, 15) is 0 Å². The van der Waals surface area contributed by atoms with Gasteiger partial charge in [0.15, 0.2) is 0 Å². The van der Waals surface area contributed by atoms with Gasteiger partial charge in [0.05, 0.1) is 0 Å². The quantitative estimate of drug-likeness (QED) is 0.831. The molecule has 0 fully saturated rings. The van der Waals surface area contributed by atoms with Gasteiger partial charge >= 0.3 is 0 Å². The summed E-state index contributed by atoms with van der Waals surface area (Å²) in [6.45, 7) is 10.6. The lowest BCUT2D eigenvalue weighted by molar-refractivity contribution is 0.614. The number of rotatable bonds is 5. The van der Waals surface area contributed by atoms with Crippen LogP contribution in [-0.4, -0.2) is 18.1 Å². The summed E-state index contributed by atoms with van der Waals surface area (Å²) in [6, 6.07) is 4.18. The topological polar surface area (TPSA) is 42.1 Å². The van der Waals surface area contributed by atoms with E-state index in [1.807, 2.05) is 13.1 Å². The molecule has 1 aromatic rings. The van der Waals surface area contributed by atoms with Crippen molar-refractivity contribution in [2.24, 2.45) is 11.7 Å². The molecule has 16 heavy (non-hydrogen) atoms. The van der Waals surface area contributed by atoms with Crippen molar-refractivity contribution in [3.8, 4) is 0 Å². The van der Waals surface area contributed by atoms with Gasteiger partial charge in [-0.2, -0.15) is 0 Å². The number of pyridine rings is 1. The molecule has 1 atom stereocenters. The van der Waals surface area contributed by atoms with Gasteiger partial charge in [0.2, 0.25) is 0 Å². The summed E-state index contributed by atoms with van der Waals surface area (Å²) in [7, 11) is 0. The predicted octanol–water partition coefficient (Wildman–Crippen LogP) is 2.58. The molecule has 0 spiro atoms. The first-order chi connectivity index (χ1) is 7.54. The highest BCUT2D eigenvalue weighted by atomic mass is 15.2. The smallest absolute Gasteiger partial charge is 0.128 e. The number of hydrogen-bond donors (Lipinski definition) is 1. The fraction of sp³-hybridized carbons (Fsp3) is 0.615. The predicted molar refractivity (Wildman–Crippen MR) is 69.6 cm³/mol. The summed E-state index contributed by atoms with van der Waals surface area (Å²) in [6.07, 6.45) is 1.88. The summed E-state index contributed by atoms with van der Waals surface area (Å²) in [4.78, 5) is 6.76. The van der Waals surface area contributed by atoms with E-state index in [0.29, 0.717) is 5.92 Å². The fourth-order valence-corrected chi connectivity index (χ4v) is 1.68. The van der Waals surface area contributed by atoms with Crippen molar-refractivity contribution in [3.63, 3.8) is 0 Å². The Balaban J connectivity index is 2.78. The van der Waals surface area contributed by atoms with Crippen LogP contribution in [0.15, 0.2) is 18.3 Å². The molecule has 0 aliphatic heterocycles. The van der Waals surface area contributed by atoms with Gasteiger partial charge in [-0.05, 0) is 31.4 Å². The van der Waals surface area contributed by atoms with Crippen molar-refractivity contribution >= 4 is 5.82 Å². The van der Waals surface area contributed by atoms with Crippen molar-refractivity contribution < 1.29 is 0 Å². The van der Waals surface area contributed by atoms with Crippen LogP contribution in [0.5, 0.6) is 0 Å². The third kappa shape index (κ3) is 3.49. The Morgan fingerprint density at radius 1 is 1.31 bits per heavy atom. The van der Waals surface area contributed by atoms with E-state index in [2.05, 4.69) is 42.8 Å². The van der Waals surface area contributed by atoms with Crippen LogP contribution in [0.4, 0.5) is 5.82 Å². The van der Waals surface area contributed by atoms with Crippen LogP contribution in [0.2, 0.25) is 0 Å². The van der Waals surface area contributed by atoms with Crippen LogP contribution < -0.4 is 10.6 Å². The van der Waals surface area contributed by atoms with Gasteiger partial charge in [0.25, 0.3) is 0 Å². The molecule has 1 aromatic heterocycles. The Morgan fingerprint density at radius 2 is 2.00 bits per heavy atom. The highest BCUT2D eigenvalue weighted by Gasteiger charge is 2.08. The highest BCUT2D eigenvalue weighted by molar-refractivity contribution is 5.39. The first kappa shape index (κ1) is 13.0. The molecular weight excluding hydrogens is 198 g/mol. The zero-order chi connectivity index (χ0) is 12.1. The molecule has 90 valence electrons. The van der Waals surface area contributed by atoms with Gasteiger partial charge in [-0.3, -0.25) is 0 Å². The number of anilines is 1. The summed E-state index contributed by atoms with van der Waals surface area (Å²) in [5.41, 5.74) is 6.89. The molecule has 2 N–H and O–H groups in total. The maximum atomic E-state index is 5.80. The second-order valence-electron chi connectivity index (χ2n) is 4.67. The number of aromatic nitrogens is 1. The van der Waals surface area contributed by atoms with Crippen LogP contribution >= 0.6 is 0 Å². The standard InChI is InChI=1S/C13H23N3/c1-5-16(9-10(2)3)13-7-6-12(8-15-13)11(4)14/h6-8,10-11H,5,9,14H2,1-4H3/t11-/m0/s1. The van der Waals surface area contributed by atoms with Crippen LogP contribution in [0.1, 0.15) is 39.3 Å². The molecule has 0 saturated carbocycles. The molecular formula is C13H23N3. The number of nitrogens with two attached hydrogens (primary N) is 1. The van der Waals surface area contributed by atoms with E-state index in [-0.39, 0.29) is 6.04 Å². The molecule has 3 nitrogen and oxygen atoms in total. The minimum atomic E-state index is 0.0572. The van der Waals surface area contributed by atoms with E-state index in [1.165, 1.54) is 0 Å². The van der Waals surface area contributed by atoms with Crippen LogP contribution in [0.3, 0.4) is 0 Å². The second kappa shape index (κ2) is 5.85. The molecule has 0 saturated heterocycles. The van der Waals surface area contributed by atoms with E-state index in [1.54, 1.807) is 0 Å². The maximum Gasteiger partial charge on any atom is 0.128 e. The minimum absolute atomic E-state index is 0.0572. The molecule has 1 rings (SSSR count).